The third-order valence-electron chi connectivity index (χ3n) is 4.46. The Morgan fingerprint density at radius 3 is 2.40 bits per heavy atom. The maximum atomic E-state index is 12.4. The summed E-state index contributed by atoms with van der Waals surface area (Å²) in [6.07, 6.45) is 2.15. The number of amides is 2. The van der Waals surface area contributed by atoms with Gasteiger partial charge in [0.2, 0.25) is 11.8 Å². The first-order chi connectivity index (χ1) is 9.75. The summed E-state index contributed by atoms with van der Waals surface area (Å²) in [7, 11) is 0. The van der Waals surface area contributed by atoms with Gasteiger partial charge in [0.15, 0.2) is 0 Å². The molecule has 6 heteroatoms. The lowest BCUT2D eigenvalue weighted by atomic mass is 10.1. The second-order valence-corrected chi connectivity index (χ2v) is 5.73. The van der Waals surface area contributed by atoms with Gasteiger partial charge in [0, 0.05) is 45.3 Å². The molecule has 3 aliphatic rings. The molecule has 6 nitrogen and oxygen atoms in total. The van der Waals surface area contributed by atoms with E-state index in [4.69, 9.17) is 9.47 Å². The zero-order valence-electron chi connectivity index (χ0n) is 11.8. The molecule has 3 aliphatic heterocycles. The zero-order chi connectivity index (χ0) is 13.9. The van der Waals surface area contributed by atoms with Crippen molar-refractivity contribution in [3.63, 3.8) is 0 Å². The van der Waals surface area contributed by atoms with Crippen molar-refractivity contribution in [3.8, 4) is 0 Å². The summed E-state index contributed by atoms with van der Waals surface area (Å²) in [6, 6.07) is 0.263. The second kappa shape index (κ2) is 6.10. The molecule has 0 N–H and O–H groups in total. The number of hydrogen-bond donors (Lipinski definition) is 0. The molecular weight excluding hydrogens is 260 g/mol. The molecule has 0 radical (unpaired) electrons. The Kier molecular flexibility index (Phi) is 4.21. The van der Waals surface area contributed by atoms with Crippen molar-refractivity contribution in [2.24, 2.45) is 5.92 Å². The Labute approximate surface area is 119 Å². The molecule has 1 atom stereocenters. The number of carbonyl (C=O) groups excluding carboxylic acids is 2. The smallest absolute Gasteiger partial charge is 0.228 e. The molecule has 0 unspecified atom stereocenters. The predicted octanol–water partition coefficient (Wildman–Crippen LogP) is -0.127. The van der Waals surface area contributed by atoms with Crippen LogP contribution in [0.3, 0.4) is 0 Å². The van der Waals surface area contributed by atoms with Gasteiger partial charge in [-0.1, -0.05) is 0 Å². The number of rotatable bonds is 2. The van der Waals surface area contributed by atoms with Crippen molar-refractivity contribution in [2.75, 3.05) is 46.1 Å². The van der Waals surface area contributed by atoms with Crippen molar-refractivity contribution in [2.45, 2.75) is 25.3 Å². The molecule has 0 aliphatic carbocycles. The molecule has 112 valence electrons. The van der Waals surface area contributed by atoms with Crippen LogP contribution in [0.15, 0.2) is 0 Å². The van der Waals surface area contributed by atoms with E-state index in [1.807, 2.05) is 9.80 Å². The number of nitrogens with zero attached hydrogens (tertiary/aromatic N) is 2. The third kappa shape index (κ3) is 2.81. The van der Waals surface area contributed by atoms with E-state index >= 15 is 0 Å². The van der Waals surface area contributed by atoms with Crippen molar-refractivity contribution in [3.05, 3.63) is 0 Å². The Bertz CT molecular complexity index is 375. The Morgan fingerprint density at radius 1 is 1.05 bits per heavy atom. The summed E-state index contributed by atoms with van der Waals surface area (Å²) >= 11 is 0. The fraction of sp³-hybridized carbons (Fsp3) is 0.857. The number of likely N-dealkylation sites (tertiary alicyclic amines) is 1. The summed E-state index contributed by atoms with van der Waals surface area (Å²) < 4.78 is 10.6. The summed E-state index contributed by atoms with van der Waals surface area (Å²) in [6.45, 7) is 4.54. The minimum absolute atomic E-state index is 0.121. The molecular formula is C14H22N2O4. The largest absolute Gasteiger partial charge is 0.381 e. The topological polar surface area (TPSA) is 59.1 Å². The Balaban J connectivity index is 1.59. The van der Waals surface area contributed by atoms with Crippen LogP contribution in [0, 0.1) is 5.92 Å². The van der Waals surface area contributed by atoms with Gasteiger partial charge in [-0.05, 0) is 12.8 Å². The van der Waals surface area contributed by atoms with Crippen LogP contribution in [0.5, 0.6) is 0 Å². The van der Waals surface area contributed by atoms with E-state index in [0.717, 1.165) is 26.1 Å². The van der Waals surface area contributed by atoms with E-state index in [1.165, 1.54) is 0 Å². The molecule has 20 heavy (non-hydrogen) atoms. The average molecular weight is 282 g/mol. The van der Waals surface area contributed by atoms with Gasteiger partial charge in [0.25, 0.3) is 0 Å². The minimum Gasteiger partial charge on any atom is -0.381 e. The quantitative estimate of drug-likeness (QED) is 0.708. The van der Waals surface area contributed by atoms with Gasteiger partial charge in [0.1, 0.15) is 0 Å². The zero-order valence-corrected chi connectivity index (χ0v) is 11.8. The first-order valence-corrected chi connectivity index (χ1v) is 7.49. The maximum Gasteiger partial charge on any atom is 0.228 e. The monoisotopic (exact) mass is 282 g/mol. The summed E-state index contributed by atoms with van der Waals surface area (Å²) in [5.74, 6) is 0.0863. The number of morpholine rings is 1. The van der Waals surface area contributed by atoms with E-state index in [0.29, 0.717) is 39.3 Å². The first kappa shape index (κ1) is 13.8. The molecule has 0 aromatic rings. The van der Waals surface area contributed by atoms with Crippen LogP contribution in [0.2, 0.25) is 0 Å². The fourth-order valence-electron chi connectivity index (χ4n) is 3.29. The molecule has 3 rings (SSSR count). The van der Waals surface area contributed by atoms with Gasteiger partial charge in [-0.3, -0.25) is 9.59 Å². The molecule has 0 saturated carbocycles. The van der Waals surface area contributed by atoms with Crippen molar-refractivity contribution in [1.29, 1.82) is 0 Å². The minimum atomic E-state index is -0.163. The van der Waals surface area contributed by atoms with Crippen molar-refractivity contribution in [1.82, 2.24) is 9.80 Å². The standard InChI is InChI=1S/C14H22N2O4/c17-13-9-11(14(18)15-3-7-20-8-4-15)10-16(13)12-1-5-19-6-2-12/h11-12H,1-10H2/t11-/m0/s1. The maximum absolute atomic E-state index is 12.4. The van der Waals surface area contributed by atoms with Crippen LogP contribution in [0.4, 0.5) is 0 Å². The summed E-state index contributed by atoms with van der Waals surface area (Å²) in [4.78, 5) is 28.4. The lowest BCUT2D eigenvalue weighted by Crippen LogP contribution is -2.45. The molecule has 2 amide bonds. The van der Waals surface area contributed by atoms with E-state index in [-0.39, 0.29) is 23.8 Å². The highest BCUT2D eigenvalue weighted by Crippen LogP contribution is 2.26. The number of hydrogen-bond acceptors (Lipinski definition) is 4. The first-order valence-electron chi connectivity index (χ1n) is 7.49. The van der Waals surface area contributed by atoms with Crippen LogP contribution in [0.1, 0.15) is 19.3 Å². The highest BCUT2D eigenvalue weighted by molar-refractivity contribution is 5.89. The Morgan fingerprint density at radius 2 is 1.70 bits per heavy atom. The van der Waals surface area contributed by atoms with Gasteiger partial charge >= 0.3 is 0 Å². The molecule has 3 fully saturated rings. The van der Waals surface area contributed by atoms with E-state index in [2.05, 4.69) is 0 Å². The highest BCUT2D eigenvalue weighted by Gasteiger charge is 2.39. The average Bonchev–Trinajstić information content (AvgIpc) is 2.90. The van der Waals surface area contributed by atoms with Crippen LogP contribution >= 0.6 is 0 Å². The summed E-state index contributed by atoms with van der Waals surface area (Å²) in [5.41, 5.74) is 0. The van der Waals surface area contributed by atoms with Gasteiger partial charge in [-0.15, -0.1) is 0 Å². The van der Waals surface area contributed by atoms with Gasteiger partial charge < -0.3 is 19.3 Å². The third-order valence-corrected chi connectivity index (χ3v) is 4.46. The van der Waals surface area contributed by atoms with Crippen LogP contribution in [-0.4, -0.2) is 73.7 Å². The lowest BCUT2D eigenvalue weighted by molar-refractivity contribution is -0.139. The second-order valence-electron chi connectivity index (χ2n) is 5.73. The van der Waals surface area contributed by atoms with Crippen LogP contribution < -0.4 is 0 Å². The van der Waals surface area contributed by atoms with Gasteiger partial charge in [-0.25, -0.2) is 0 Å². The van der Waals surface area contributed by atoms with E-state index < -0.39 is 0 Å². The van der Waals surface area contributed by atoms with Gasteiger partial charge in [-0.2, -0.15) is 0 Å². The predicted molar refractivity (Wildman–Crippen MR) is 71.1 cm³/mol. The van der Waals surface area contributed by atoms with Crippen LogP contribution in [-0.2, 0) is 19.1 Å². The Hall–Kier alpha value is -1.14. The lowest BCUT2D eigenvalue weighted by Gasteiger charge is -2.32. The van der Waals surface area contributed by atoms with E-state index in [9.17, 15) is 9.59 Å². The fourth-order valence-corrected chi connectivity index (χ4v) is 3.29. The molecule has 0 aromatic carbocycles. The van der Waals surface area contributed by atoms with Gasteiger partial charge in [0.05, 0.1) is 19.1 Å². The number of ether oxygens (including phenoxy) is 2. The van der Waals surface area contributed by atoms with E-state index in [1.54, 1.807) is 0 Å². The van der Waals surface area contributed by atoms with Crippen molar-refractivity contribution < 1.29 is 19.1 Å². The molecule has 3 saturated heterocycles. The number of carbonyl (C=O) groups is 2. The molecule has 0 bridgehead atoms. The normalized spacial score (nSPS) is 29.0. The molecule has 0 spiro atoms. The summed E-state index contributed by atoms with van der Waals surface area (Å²) in [5, 5.41) is 0. The molecule has 3 heterocycles. The van der Waals surface area contributed by atoms with Crippen molar-refractivity contribution >= 4 is 11.8 Å². The SMILES string of the molecule is O=C([C@H]1CC(=O)N(C2CCOCC2)C1)N1CCOCC1. The molecule has 0 aromatic heterocycles. The van der Waals surface area contributed by atoms with Crippen LogP contribution in [0.25, 0.3) is 0 Å². The highest BCUT2D eigenvalue weighted by atomic mass is 16.5.